The molecule has 3 unspecified atom stereocenters. The van der Waals surface area contributed by atoms with Crippen LogP contribution in [0.15, 0.2) is 0 Å². The third-order valence-corrected chi connectivity index (χ3v) is 3.87. The van der Waals surface area contributed by atoms with Gasteiger partial charge in [-0.2, -0.15) is 0 Å². The van der Waals surface area contributed by atoms with Crippen LogP contribution < -0.4 is 5.32 Å². The average Bonchev–Trinajstić information content (AvgIpc) is 3.02. The molecule has 106 valence electrons. The second-order valence-electron chi connectivity index (χ2n) is 5.96. The maximum atomic E-state index is 11.8. The van der Waals surface area contributed by atoms with Crippen LogP contribution in [0.4, 0.5) is 0 Å². The number of carboxylic acids is 1. The van der Waals surface area contributed by atoms with Crippen molar-refractivity contribution in [3.05, 3.63) is 0 Å². The van der Waals surface area contributed by atoms with Crippen molar-refractivity contribution in [1.29, 1.82) is 0 Å². The number of nitrogens with zero attached hydrogens (tertiary/aromatic N) is 1. The molecule has 1 aliphatic carbocycles. The first-order chi connectivity index (χ1) is 8.76. The summed E-state index contributed by atoms with van der Waals surface area (Å²) < 4.78 is 0. The first kappa shape index (κ1) is 14.0. The van der Waals surface area contributed by atoms with Crippen LogP contribution in [0.2, 0.25) is 0 Å². The molecule has 19 heavy (non-hydrogen) atoms. The summed E-state index contributed by atoms with van der Waals surface area (Å²) in [5.41, 5.74) is -1.12. The van der Waals surface area contributed by atoms with E-state index >= 15 is 0 Å². The van der Waals surface area contributed by atoms with Gasteiger partial charge in [-0.3, -0.25) is 24.6 Å². The van der Waals surface area contributed by atoms with Crippen LogP contribution in [0.5, 0.6) is 0 Å². The number of carbonyl (C=O) groups excluding carboxylic acids is 2. The van der Waals surface area contributed by atoms with Crippen LogP contribution in [0.25, 0.3) is 0 Å². The summed E-state index contributed by atoms with van der Waals surface area (Å²) in [6.45, 7) is 5.49. The lowest BCUT2D eigenvalue weighted by atomic mass is 9.96. The van der Waals surface area contributed by atoms with Gasteiger partial charge in [-0.15, -0.1) is 0 Å². The molecule has 0 aromatic carbocycles. The average molecular weight is 268 g/mol. The first-order valence-corrected chi connectivity index (χ1v) is 6.62. The highest BCUT2D eigenvalue weighted by molar-refractivity contribution is 6.08. The normalized spacial score (nSPS) is 28.5. The van der Waals surface area contributed by atoms with E-state index in [0.717, 1.165) is 0 Å². The maximum Gasteiger partial charge on any atom is 0.323 e. The Balaban J connectivity index is 1.98. The molecule has 0 radical (unpaired) electrons. The predicted octanol–water partition coefficient (Wildman–Crippen LogP) is 0.223. The number of carboxylic acid groups (broad SMARTS) is 1. The number of imide groups is 1. The SMILES string of the molecule is CC(C)NC(C)(CCN1C(=O)C2CC2C1=O)C(=O)O. The molecule has 2 fully saturated rings. The van der Waals surface area contributed by atoms with E-state index < -0.39 is 11.5 Å². The lowest BCUT2D eigenvalue weighted by Crippen LogP contribution is -2.54. The quantitative estimate of drug-likeness (QED) is 0.673. The number of likely N-dealkylation sites (tertiary alicyclic amines) is 1. The molecule has 6 nitrogen and oxygen atoms in total. The third kappa shape index (κ3) is 2.49. The molecule has 1 saturated carbocycles. The number of rotatable bonds is 6. The van der Waals surface area contributed by atoms with Crippen molar-refractivity contribution in [2.75, 3.05) is 6.54 Å². The monoisotopic (exact) mass is 268 g/mol. The number of hydrogen-bond donors (Lipinski definition) is 2. The van der Waals surface area contributed by atoms with Gasteiger partial charge in [0.1, 0.15) is 5.54 Å². The van der Waals surface area contributed by atoms with Crippen molar-refractivity contribution >= 4 is 17.8 Å². The van der Waals surface area contributed by atoms with Crippen molar-refractivity contribution in [2.45, 2.75) is 45.2 Å². The summed E-state index contributed by atoms with van der Waals surface area (Å²) in [5, 5.41) is 12.3. The first-order valence-electron chi connectivity index (χ1n) is 6.62. The van der Waals surface area contributed by atoms with E-state index in [0.29, 0.717) is 6.42 Å². The van der Waals surface area contributed by atoms with E-state index in [2.05, 4.69) is 5.32 Å². The highest BCUT2D eigenvalue weighted by atomic mass is 16.4. The summed E-state index contributed by atoms with van der Waals surface area (Å²) in [6, 6.07) is 0.0134. The molecule has 2 aliphatic rings. The fraction of sp³-hybridized carbons (Fsp3) is 0.769. The Morgan fingerprint density at radius 1 is 1.42 bits per heavy atom. The summed E-state index contributed by atoms with van der Waals surface area (Å²) in [7, 11) is 0. The number of amides is 2. The van der Waals surface area contributed by atoms with Gasteiger partial charge in [0.25, 0.3) is 0 Å². The van der Waals surface area contributed by atoms with Crippen LogP contribution in [0, 0.1) is 11.8 Å². The summed E-state index contributed by atoms with van der Waals surface area (Å²) in [5.74, 6) is -1.48. The Morgan fingerprint density at radius 3 is 2.37 bits per heavy atom. The molecule has 0 spiro atoms. The fourth-order valence-electron chi connectivity index (χ4n) is 2.68. The van der Waals surface area contributed by atoms with E-state index in [1.165, 1.54) is 4.90 Å². The number of fused-ring (bicyclic) bond motifs is 1. The van der Waals surface area contributed by atoms with Gasteiger partial charge in [-0.05, 0) is 33.6 Å². The molecule has 0 aromatic heterocycles. The van der Waals surface area contributed by atoms with Gasteiger partial charge in [-0.1, -0.05) is 0 Å². The maximum absolute atomic E-state index is 11.8. The summed E-state index contributed by atoms with van der Waals surface area (Å²) >= 11 is 0. The van der Waals surface area contributed by atoms with E-state index in [4.69, 9.17) is 0 Å². The Labute approximate surface area is 112 Å². The minimum atomic E-state index is -1.12. The van der Waals surface area contributed by atoms with Crippen LogP contribution >= 0.6 is 0 Å². The molecule has 2 rings (SSSR count). The molecule has 0 aromatic rings. The van der Waals surface area contributed by atoms with Crippen LogP contribution in [0.1, 0.15) is 33.6 Å². The molecular formula is C13H20N2O4. The van der Waals surface area contributed by atoms with Crippen LogP contribution in [-0.2, 0) is 14.4 Å². The number of carbonyl (C=O) groups is 3. The standard InChI is InChI=1S/C13H20N2O4/c1-7(2)14-13(3,12(18)19)4-5-15-10(16)8-6-9(8)11(15)17/h7-9,14H,4-6H2,1-3H3,(H,18,19). The molecule has 1 saturated heterocycles. The van der Waals surface area contributed by atoms with Crippen molar-refractivity contribution < 1.29 is 19.5 Å². The Bertz CT molecular complexity index is 414. The molecule has 2 N–H and O–H groups in total. The summed E-state index contributed by atoms with van der Waals surface area (Å²) in [4.78, 5) is 36.2. The third-order valence-electron chi connectivity index (χ3n) is 3.87. The van der Waals surface area contributed by atoms with Gasteiger partial charge in [0.15, 0.2) is 0 Å². The predicted molar refractivity (Wildman–Crippen MR) is 67.2 cm³/mol. The molecular weight excluding hydrogens is 248 g/mol. The fourth-order valence-corrected chi connectivity index (χ4v) is 2.68. The molecule has 2 amide bonds. The minimum Gasteiger partial charge on any atom is -0.480 e. The minimum absolute atomic E-state index is 0.0134. The van der Waals surface area contributed by atoms with E-state index in [-0.39, 0.29) is 42.7 Å². The Hall–Kier alpha value is -1.43. The second-order valence-corrected chi connectivity index (χ2v) is 5.96. The summed E-state index contributed by atoms with van der Waals surface area (Å²) in [6.07, 6.45) is 0.895. The van der Waals surface area contributed by atoms with Crippen LogP contribution in [0.3, 0.4) is 0 Å². The van der Waals surface area contributed by atoms with Gasteiger partial charge in [-0.25, -0.2) is 0 Å². The van der Waals surface area contributed by atoms with Crippen LogP contribution in [-0.4, -0.2) is 45.9 Å². The smallest absolute Gasteiger partial charge is 0.323 e. The van der Waals surface area contributed by atoms with E-state index in [1.807, 2.05) is 13.8 Å². The van der Waals surface area contributed by atoms with Gasteiger partial charge < -0.3 is 5.11 Å². The van der Waals surface area contributed by atoms with E-state index in [1.54, 1.807) is 6.92 Å². The zero-order chi connectivity index (χ0) is 14.4. The molecule has 1 aliphatic heterocycles. The molecule has 3 atom stereocenters. The van der Waals surface area contributed by atoms with Gasteiger partial charge in [0, 0.05) is 12.6 Å². The van der Waals surface area contributed by atoms with Gasteiger partial charge in [0.05, 0.1) is 11.8 Å². The zero-order valence-corrected chi connectivity index (χ0v) is 11.5. The zero-order valence-electron chi connectivity index (χ0n) is 11.5. The molecule has 6 heteroatoms. The van der Waals surface area contributed by atoms with Gasteiger partial charge >= 0.3 is 5.97 Å². The largest absolute Gasteiger partial charge is 0.480 e. The second kappa shape index (κ2) is 4.59. The van der Waals surface area contributed by atoms with Crippen molar-refractivity contribution in [3.63, 3.8) is 0 Å². The van der Waals surface area contributed by atoms with Crippen molar-refractivity contribution in [2.24, 2.45) is 11.8 Å². The lowest BCUT2D eigenvalue weighted by Gasteiger charge is -2.30. The van der Waals surface area contributed by atoms with Crippen molar-refractivity contribution in [3.8, 4) is 0 Å². The Morgan fingerprint density at radius 2 is 1.95 bits per heavy atom. The molecule has 0 bridgehead atoms. The number of aliphatic carboxylic acids is 1. The lowest BCUT2D eigenvalue weighted by molar-refractivity contribution is -0.147. The Kier molecular flexibility index (Phi) is 3.38. The van der Waals surface area contributed by atoms with Crippen molar-refractivity contribution in [1.82, 2.24) is 10.2 Å². The highest BCUT2D eigenvalue weighted by Crippen LogP contribution is 2.47. The topological polar surface area (TPSA) is 86.7 Å². The van der Waals surface area contributed by atoms with E-state index in [9.17, 15) is 19.5 Å². The number of piperidine rings is 1. The number of nitrogens with one attached hydrogen (secondary N) is 1. The molecule has 1 heterocycles. The number of hydrogen-bond acceptors (Lipinski definition) is 4. The highest BCUT2D eigenvalue weighted by Gasteiger charge is 2.58. The van der Waals surface area contributed by atoms with Gasteiger partial charge in [0.2, 0.25) is 11.8 Å².